The molecule has 0 unspecified atom stereocenters. The Labute approximate surface area is 166 Å². The molecule has 1 saturated carbocycles. The Kier molecular flexibility index (Phi) is 7.56. The Hall–Kier alpha value is -1.97. The van der Waals surface area contributed by atoms with Crippen LogP contribution in [0.25, 0.3) is 0 Å². The van der Waals surface area contributed by atoms with Crippen molar-refractivity contribution in [2.24, 2.45) is 11.8 Å². The van der Waals surface area contributed by atoms with Gasteiger partial charge in [-0.1, -0.05) is 31.2 Å². The van der Waals surface area contributed by atoms with Gasteiger partial charge in [-0.15, -0.1) is 0 Å². The lowest BCUT2D eigenvalue weighted by atomic mass is 9.78. The molecule has 0 heterocycles. The molecule has 9 heteroatoms. The Balaban J connectivity index is 1.90. The summed E-state index contributed by atoms with van der Waals surface area (Å²) >= 11 is 0. The molecule has 1 aromatic rings. The molecule has 1 aliphatic rings. The standard InChI is InChI=1S/C19H28N2O6S/c1-13-6-5-7-17(14(13)2)20-18(22)12-27-19(23)15-8-10-16(11-9-15)28(24,25)21(3)26-4/h8-11,13-14,17H,5-7,12H2,1-4H3,(H,20,22)/t13-,14-,17+/m1/s1. The first kappa shape index (κ1) is 22.3. The summed E-state index contributed by atoms with van der Waals surface area (Å²) in [6, 6.07) is 5.33. The molecule has 0 saturated heterocycles. The molecule has 8 nitrogen and oxygen atoms in total. The van der Waals surface area contributed by atoms with Gasteiger partial charge in [0.2, 0.25) is 0 Å². The van der Waals surface area contributed by atoms with Crippen LogP contribution in [0.2, 0.25) is 0 Å². The van der Waals surface area contributed by atoms with Gasteiger partial charge in [0, 0.05) is 13.1 Å². The number of esters is 1. The minimum atomic E-state index is -3.79. The van der Waals surface area contributed by atoms with Crippen molar-refractivity contribution in [2.75, 3.05) is 20.8 Å². The molecule has 156 valence electrons. The van der Waals surface area contributed by atoms with E-state index in [0.717, 1.165) is 23.7 Å². The van der Waals surface area contributed by atoms with Crippen LogP contribution >= 0.6 is 0 Å². The Morgan fingerprint density at radius 3 is 2.43 bits per heavy atom. The number of rotatable bonds is 7. The van der Waals surface area contributed by atoms with Crippen molar-refractivity contribution in [2.45, 2.75) is 44.0 Å². The normalized spacial score (nSPS) is 22.7. The third-order valence-corrected chi connectivity index (χ3v) is 7.06. The van der Waals surface area contributed by atoms with Crippen LogP contribution in [0.15, 0.2) is 29.2 Å². The van der Waals surface area contributed by atoms with Gasteiger partial charge in [-0.2, -0.15) is 0 Å². The molecule has 1 aromatic carbocycles. The number of sulfonamides is 1. The molecule has 1 aliphatic carbocycles. The maximum Gasteiger partial charge on any atom is 0.338 e. The van der Waals surface area contributed by atoms with E-state index in [1.165, 1.54) is 38.4 Å². The van der Waals surface area contributed by atoms with Crippen molar-refractivity contribution >= 4 is 21.9 Å². The Bertz CT molecular complexity index is 793. The van der Waals surface area contributed by atoms with Crippen LogP contribution < -0.4 is 5.32 Å². The van der Waals surface area contributed by atoms with Crippen molar-refractivity contribution < 1.29 is 27.6 Å². The molecule has 1 fully saturated rings. The van der Waals surface area contributed by atoms with Crippen LogP contribution in [0, 0.1) is 11.8 Å². The van der Waals surface area contributed by atoms with Gasteiger partial charge >= 0.3 is 5.97 Å². The fourth-order valence-electron chi connectivity index (χ4n) is 3.26. The molecular weight excluding hydrogens is 384 g/mol. The van der Waals surface area contributed by atoms with Gasteiger partial charge in [-0.3, -0.25) is 9.63 Å². The van der Waals surface area contributed by atoms with Gasteiger partial charge in [-0.25, -0.2) is 13.2 Å². The molecule has 1 amide bonds. The number of hydrogen-bond donors (Lipinski definition) is 1. The predicted octanol–water partition coefficient (Wildman–Crippen LogP) is 1.97. The molecule has 2 rings (SSSR count). The second-order valence-electron chi connectivity index (χ2n) is 7.14. The fourth-order valence-corrected chi connectivity index (χ4v) is 4.23. The highest BCUT2D eigenvalue weighted by Gasteiger charge is 2.28. The highest BCUT2D eigenvalue weighted by Crippen LogP contribution is 2.29. The van der Waals surface area contributed by atoms with Gasteiger partial charge in [0.1, 0.15) is 0 Å². The summed E-state index contributed by atoms with van der Waals surface area (Å²) in [7, 11) is -1.28. The topological polar surface area (TPSA) is 102 Å². The van der Waals surface area contributed by atoms with Gasteiger partial charge in [-0.05, 0) is 42.5 Å². The third-order valence-electron chi connectivity index (χ3n) is 5.37. The predicted molar refractivity (Wildman–Crippen MR) is 103 cm³/mol. The Morgan fingerprint density at radius 2 is 1.82 bits per heavy atom. The van der Waals surface area contributed by atoms with Crippen molar-refractivity contribution in [3.63, 3.8) is 0 Å². The lowest BCUT2D eigenvalue weighted by Gasteiger charge is -2.34. The number of hydrogen-bond acceptors (Lipinski definition) is 6. The first-order chi connectivity index (χ1) is 13.2. The first-order valence-electron chi connectivity index (χ1n) is 9.26. The van der Waals surface area contributed by atoms with Gasteiger partial charge in [0.25, 0.3) is 15.9 Å². The Morgan fingerprint density at radius 1 is 1.18 bits per heavy atom. The molecule has 0 spiro atoms. The quantitative estimate of drug-likeness (QED) is 0.543. The summed E-state index contributed by atoms with van der Waals surface area (Å²) in [5, 5.41) is 2.94. The van der Waals surface area contributed by atoms with E-state index in [1.807, 2.05) is 0 Å². The van der Waals surface area contributed by atoms with Gasteiger partial charge in [0.15, 0.2) is 6.61 Å². The summed E-state index contributed by atoms with van der Waals surface area (Å²) in [4.78, 5) is 28.9. The zero-order valence-corrected chi connectivity index (χ0v) is 17.5. The number of carbonyl (C=O) groups excluding carboxylic acids is 2. The second-order valence-corrected chi connectivity index (χ2v) is 9.07. The number of carbonyl (C=O) groups is 2. The monoisotopic (exact) mass is 412 g/mol. The molecule has 3 atom stereocenters. The highest BCUT2D eigenvalue weighted by atomic mass is 32.2. The van der Waals surface area contributed by atoms with E-state index in [4.69, 9.17) is 9.57 Å². The summed E-state index contributed by atoms with van der Waals surface area (Å²) in [6.45, 7) is 3.93. The first-order valence-corrected chi connectivity index (χ1v) is 10.7. The van der Waals surface area contributed by atoms with Crippen LogP contribution in [0.4, 0.5) is 0 Å². The number of amides is 1. The van der Waals surface area contributed by atoms with E-state index in [9.17, 15) is 18.0 Å². The van der Waals surface area contributed by atoms with E-state index >= 15 is 0 Å². The van der Waals surface area contributed by atoms with E-state index in [1.54, 1.807) is 0 Å². The average Bonchev–Trinajstić information content (AvgIpc) is 2.69. The van der Waals surface area contributed by atoms with Crippen LogP contribution in [0.1, 0.15) is 43.5 Å². The largest absolute Gasteiger partial charge is 0.452 e. The molecule has 0 bridgehead atoms. The maximum absolute atomic E-state index is 12.1. The molecule has 28 heavy (non-hydrogen) atoms. The van der Waals surface area contributed by atoms with E-state index in [-0.39, 0.29) is 29.0 Å². The van der Waals surface area contributed by atoms with Crippen LogP contribution in [0.3, 0.4) is 0 Å². The van der Waals surface area contributed by atoms with Crippen LogP contribution in [-0.2, 0) is 24.4 Å². The minimum absolute atomic E-state index is 0.0217. The summed E-state index contributed by atoms with van der Waals surface area (Å²) in [6.07, 6.45) is 3.16. The molecule has 0 aliphatic heterocycles. The van der Waals surface area contributed by atoms with E-state index < -0.39 is 16.0 Å². The van der Waals surface area contributed by atoms with E-state index in [0.29, 0.717) is 11.8 Å². The van der Waals surface area contributed by atoms with Crippen molar-refractivity contribution in [3.8, 4) is 0 Å². The fraction of sp³-hybridized carbons (Fsp3) is 0.579. The van der Waals surface area contributed by atoms with Crippen molar-refractivity contribution in [1.29, 1.82) is 0 Å². The number of nitrogens with one attached hydrogen (secondary N) is 1. The molecule has 1 N–H and O–H groups in total. The molecule has 0 aromatic heterocycles. The minimum Gasteiger partial charge on any atom is -0.452 e. The zero-order chi connectivity index (χ0) is 20.9. The average molecular weight is 413 g/mol. The highest BCUT2D eigenvalue weighted by molar-refractivity contribution is 7.89. The number of hydroxylamine groups is 1. The maximum atomic E-state index is 12.1. The lowest BCUT2D eigenvalue weighted by Crippen LogP contribution is -2.45. The summed E-state index contributed by atoms with van der Waals surface area (Å²) < 4.78 is 30.0. The number of benzene rings is 1. The molecular formula is C19H28N2O6S. The van der Waals surface area contributed by atoms with E-state index in [2.05, 4.69) is 19.2 Å². The van der Waals surface area contributed by atoms with Crippen molar-refractivity contribution in [1.82, 2.24) is 9.79 Å². The van der Waals surface area contributed by atoms with Gasteiger partial charge in [0.05, 0.1) is 17.6 Å². The third kappa shape index (κ3) is 5.30. The number of nitrogens with zero attached hydrogens (tertiary/aromatic N) is 1. The number of ether oxygens (including phenoxy) is 1. The second kappa shape index (κ2) is 9.49. The lowest BCUT2D eigenvalue weighted by molar-refractivity contribution is -0.125. The SMILES string of the molecule is CON(C)S(=O)(=O)c1ccc(C(=O)OCC(=O)N[C@H]2CCC[C@@H](C)[C@H]2C)cc1. The molecule has 0 radical (unpaired) electrons. The smallest absolute Gasteiger partial charge is 0.338 e. The zero-order valence-electron chi connectivity index (χ0n) is 16.7. The van der Waals surface area contributed by atoms with Gasteiger partial charge < -0.3 is 10.1 Å². The van der Waals surface area contributed by atoms with Crippen LogP contribution in [0.5, 0.6) is 0 Å². The summed E-state index contributed by atoms with van der Waals surface area (Å²) in [5.41, 5.74) is 0.159. The van der Waals surface area contributed by atoms with Crippen LogP contribution in [-0.4, -0.2) is 51.6 Å². The summed E-state index contributed by atoms with van der Waals surface area (Å²) in [5.74, 6) is -0.0915. The van der Waals surface area contributed by atoms with Crippen molar-refractivity contribution in [3.05, 3.63) is 29.8 Å².